The summed E-state index contributed by atoms with van der Waals surface area (Å²) in [5.74, 6) is -1.10. The minimum atomic E-state index is -1.84. The van der Waals surface area contributed by atoms with Gasteiger partial charge < -0.3 is 29.2 Å². The highest BCUT2D eigenvalue weighted by atomic mass is 16.7. The van der Waals surface area contributed by atoms with Gasteiger partial charge in [-0.3, -0.25) is 9.59 Å². The molecule has 5 rings (SSSR count). The van der Waals surface area contributed by atoms with Crippen molar-refractivity contribution < 1.29 is 38.7 Å². The van der Waals surface area contributed by atoms with Crippen LogP contribution >= 0.6 is 0 Å². The van der Waals surface area contributed by atoms with Gasteiger partial charge in [-0.25, -0.2) is 0 Å². The maximum Gasteiger partial charge on any atom is 0.309 e. The third-order valence-corrected chi connectivity index (χ3v) is 9.27. The van der Waals surface area contributed by atoms with Crippen LogP contribution < -0.4 is 0 Å². The zero-order chi connectivity index (χ0) is 21.9. The van der Waals surface area contributed by atoms with Gasteiger partial charge in [-0.15, -0.1) is 0 Å². The lowest BCUT2D eigenvalue weighted by Gasteiger charge is -2.71. The van der Waals surface area contributed by atoms with Crippen LogP contribution in [-0.4, -0.2) is 65.4 Å². The Hall–Kier alpha value is -1.48. The number of esters is 1. The van der Waals surface area contributed by atoms with Gasteiger partial charge in [0.05, 0.1) is 19.6 Å². The normalized spacial score (nSPS) is 57.0. The minimum Gasteiger partial charge on any atom is -0.493 e. The lowest BCUT2D eigenvalue weighted by molar-refractivity contribution is -0.354. The molecule has 2 saturated heterocycles. The van der Waals surface area contributed by atoms with Crippen LogP contribution in [0.5, 0.6) is 0 Å². The Morgan fingerprint density at radius 1 is 1.17 bits per heavy atom. The maximum atomic E-state index is 13.8. The Bertz CT molecular complexity index is 850. The largest absolute Gasteiger partial charge is 0.493 e. The number of carbonyl (C=O) groups is 2. The van der Waals surface area contributed by atoms with Crippen molar-refractivity contribution in [1.29, 1.82) is 0 Å². The quantitative estimate of drug-likeness (QED) is 0.601. The van der Waals surface area contributed by atoms with Crippen molar-refractivity contribution in [2.24, 2.45) is 28.6 Å². The highest BCUT2D eigenvalue weighted by Crippen LogP contribution is 2.71. The van der Waals surface area contributed by atoms with Crippen LogP contribution in [-0.2, 0) is 28.5 Å². The first-order valence-electron chi connectivity index (χ1n) is 10.6. The van der Waals surface area contributed by atoms with Crippen LogP contribution in [0.15, 0.2) is 11.8 Å². The van der Waals surface area contributed by atoms with Gasteiger partial charge in [-0.1, -0.05) is 20.8 Å². The van der Waals surface area contributed by atoms with Crippen molar-refractivity contribution in [3.8, 4) is 0 Å². The molecular formula is C22H30O8. The Kier molecular flexibility index (Phi) is 3.98. The van der Waals surface area contributed by atoms with E-state index in [2.05, 4.69) is 0 Å². The van der Waals surface area contributed by atoms with Gasteiger partial charge >= 0.3 is 5.97 Å². The van der Waals surface area contributed by atoms with Crippen LogP contribution in [0.25, 0.3) is 0 Å². The van der Waals surface area contributed by atoms with Crippen molar-refractivity contribution in [3.63, 3.8) is 0 Å². The van der Waals surface area contributed by atoms with Crippen LogP contribution in [0.1, 0.15) is 40.5 Å². The highest BCUT2D eigenvalue weighted by molar-refractivity contribution is 6.00. The number of Topliss-reactive ketones (excluding diaryl/α,β-unsaturated/α-hetero) is 1. The van der Waals surface area contributed by atoms with Crippen molar-refractivity contribution in [1.82, 2.24) is 0 Å². The summed E-state index contributed by atoms with van der Waals surface area (Å²) in [7, 11) is 1.48. The molecule has 0 aromatic heterocycles. The van der Waals surface area contributed by atoms with Gasteiger partial charge in [-0.05, 0) is 31.3 Å². The highest BCUT2D eigenvalue weighted by Gasteiger charge is 2.82. The third kappa shape index (κ3) is 1.97. The summed E-state index contributed by atoms with van der Waals surface area (Å²) in [5, 5.41) is 23.6. The van der Waals surface area contributed by atoms with Crippen LogP contribution in [0, 0.1) is 28.6 Å². The lowest BCUT2D eigenvalue weighted by atomic mass is 9.36. The molecule has 0 bridgehead atoms. The second kappa shape index (κ2) is 5.85. The van der Waals surface area contributed by atoms with Crippen LogP contribution in [0.4, 0.5) is 0 Å². The summed E-state index contributed by atoms with van der Waals surface area (Å²) < 4.78 is 23.0. The second-order valence-electron chi connectivity index (χ2n) is 10.3. The number of hydrogen-bond acceptors (Lipinski definition) is 8. The fourth-order valence-corrected chi connectivity index (χ4v) is 7.76. The van der Waals surface area contributed by atoms with E-state index >= 15 is 0 Å². The topological polar surface area (TPSA) is 112 Å². The average Bonchev–Trinajstić information content (AvgIpc) is 3.14. The fraction of sp³-hybridized carbons (Fsp3) is 0.818. The van der Waals surface area contributed by atoms with E-state index in [1.807, 2.05) is 26.8 Å². The summed E-state index contributed by atoms with van der Waals surface area (Å²) in [6.07, 6.45) is -0.292. The fourth-order valence-electron chi connectivity index (χ4n) is 7.76. The molecule has 10 atom stereocenters. The standard InChI is InChI=1S/C22H30O8/c1-10-6-12(27-5)17(24)19(2)11(10)7-13-20(3)16(19)15-18(29-9-28-15)21(4,25)22(20,26)8-14(23)30-13/h6,10-11,13,15-16,18,25-26H,7-9H2,1-5H3/t10?,11?,13-,15?,16?,18?,19+,20-,21-,22+/m1/s1. The van der Waals surface area contributed by atoms with Crippen molar-refractivity contribution in [2.45, 2.75) is 70.1 Å². The van der Waals surface area contributed by atoms with Gasteiger partial charge in [0, 0.05) is 16.7 Å². The number of fused-ring (bicyclic) bond motifs is 4. The predicted octanol–water partition coefficient (Wildman–Crippen LogP) is 0.937. The number of carbonyl (C=O) groups excluding carboxylic acids is 2. The lowest BCUT2D eigenvalue weighted by Crippen LogP contribution is -2.84. The first-order valence-corrected chi connectivity index (χ1v) is 10.6. The molecule has 2 aliphatic heterocycles. The molecule has 3 aliphatic carbocycles. The van der Waals surface area contributed by atoms with E-state index in [4.69, 9.17) is 18.9 Å². The van der Waals surface area contributed by atoms with Crippen LogP contribution in [0.2, 0.25) is 0 Å². The van der Waals surface area contributed by atoms with Gasteiger partial charge in [0.15, 0.2) is 5.76 Å². The SMILES string of the molecule is COC1=CC(C)C2C[C@H]3OC(=O)C[C@]4(O)[C@@]3(C)C(C3OCOC3[C@@]4(C)O)[C@@]2(C)C1=O. The number of hydrogen-bond donors (Lipinski definition) is 2. The van der Waals surface area contributed by atoms with Crippen molar-refractivity contribution in [2.75, 3.05) is 13.9 Å². The molecule has 5 aliphatic rings. The van der Waals surface area contributed by atoms with Crippen LogP contribution in [0.3, 0.4) is 0 Å². The zero-order valence-electron chi connectivity index (χ0n) is 18.0. The van der Waals surface area contributed by atoms with Gasteiger partial charge in [0.2, 0.25) is 5.78 Å². The molecule has 2 heterocycles. The molecule has 0 amide bonds. The smallest absolute Gasteiger partial charge is 0.309 e. The molecule has 5 unspecified atom stereocenters. The summed E-state index contributed by atoms with van der Waals surface area (Å²) in [6.45, 7) is 7.20. The van der Waals surface area contributed by atoms with Crippen molar-refractivity contribution >= 4 is 11.8 Å². The van der Waals surface area contributed by atoms with Gasteiger partial charge in [0.1, 0.15) is 30.2 Å². The molecular weight excluding hydrogens is 392 g/mol. The zero-order valence-corrected chi connectivity index (χ0v) is 18.0. The third-order valence-electron chi connectivity index (χ3n) is 9.27. The molecule has 30 heavy (non-hydrogen) atoms. The number of aliphatic hydroxyl groups is 2. The monoisotopic (exact) mass is 422 g/mol. The van der Waals surface area contributed by atoms with E-state index in [0.29, 0.717) is 12.2 Å². The Morgan fingerprint density at radius 2 is 1.87 bits per heavy atom. The molecule has 166 valence electrons. The Morgan fingerprint density at radius 3 is 2.53 bits per heavy atom. The van der Waals surface area contributed by atoms with E-state index in [0.717, 1.165) is 0 Å². The van der Waals surface area contributed by atoms with E-state index in [1.165, 1.54) is 14.0 Å². The molecule has 0 aromatic rings. The summed E-state index contributed by atoms with van der Waals surface area (Å²) in [5.41, 5.74) is -5.67. The number of methoxy groups -OCH3 is 1. The predicted molar refractivity (Wildman–Crippen MR) is 102 cm³/mol. The Balaban J connectivity index is 1.78. The number of ketones is 1. The molecule has 0 aromatic carbocycles. The minimum absolute atomic E-state index is 0.0101. The number of ether oxygens (including phenoxy) is 4. The van der Waals surface area contributed by atoms with E-state index < -0.39 is 52.2 Å². The van der Waals surface area contributed by atoms with Gasteiger partial charge in [0.25, 0.3) is 0 Å². The maximum absolute atomic E-state index is 13.8. The van der Waals surface area contributed by atoms with E-state index in [9.17, 15) is 19.8 Å². The molecule has 8 heteroatoms. The number of rotatable bonds is 1. The first kappa shape index (κ1) is 20.4. The molecule has 0 radical (unpaired) electrons. The summed E-state index contributed by atoms with van der Waals surface area (Å²) >= 11 is 0. The molecule has 4 fully saturated rings. The average molecular weight is 422 g/mol. The number of allylic oxidation sites excluding steroid dienone is 2. The Labute approximate surface area is 175 Å². The molecule has 2 saturated carbocycles. The van der Waals surface area contributed by atoms with E-state index in [1.54, 1.807) is 0 Å². The van der Waals surface area contributed by atoms with E-state index in [-0.39, 0.29) is 30.8 Å². The molecule has 2 N–H and O–H groups in total. The second-order valence-corrected chi connectivity index (χ2v) is 10.3. The first-order chi connectivity index (χ1) is 13.9. The summed E-state index contributed by atoms with van der Waals surface area (Å²) in [6, 6.07) is 0. The van der Waals surface area contributed by atoms with Gasteiger partial charge in [-0.2, -0.15) is 0 Å². The molecule has 8 nitrogen and oxygen atoms in total. The van der Waals surface area contributed by atoms with Crippen molar-refractivity contribution in [3.05, 3.63) is 11.8 Å². The molecule has 0 spiro atoms. The summed E-state index contributed by atoms with van der Waals surface area (Å²) in [4.78, 5) is 26.3.